The summed E-state index contributed by atoms with van der Waals surface area (Å²) in [5, 5.41) is 22.2. The number of aromatic carboxylic acids is 1. The zero-order valence-electron chi connectivity index (χ0n) is 10.3. The summed E-state index contributed by atoms with van der Waals surface area (Å²) >= 11 is 0. The van der Waals surface area contributed by atoms with Gasteiger partial charge in [0.05, 0.1) is 18.2 Å². The third-order valence-electron chi connectivity index (χ3n) is 3.01. The Morgan fingerprint density at radius 2 is 2.25 bits per heavy atom. The Morgan fingerprint density at radius 3 is 2.95 bits per heavy atom. The Bertz CT molecular complexity index is 839. The lowest BCUT2D eigenvalue weighted by molar-refractivity contribution is 0.0685. The van der Waals surface area contributed by atoms with Crippen molar-refractivity contribution in [3.05, 3.63) is 53.5 Å². The van der Waals surface area contributed by atoms with Gasteiger partial charge in [-0.05, 0) is 23.6 Å². The van der Waals surface area contributed by atoms with Crippen molar-refractivity contribution in [2.45, 2.75) is 6.54 Å². The summed E-state index contributed by atoms with van der Waals surface area (Å²) < 4.78 is 6.87. The van der Waals surface area contributed by atoms with Gasteiger partial charge in [-0.2, -0.15) is 5.26 Å². The highest BCUT2D eigenvalue weighted by molar-refractivity contribution is 5.85. The minimum absolute atomic E-state index is 0.117. The third kappa shape index (κ3) is 2.01. The topological polar surface area (TPSA) is 92.0 Å². The summed E-state index contributed by atoms with van der Waals surface area (Å²) in [6.07, 6.45) is 1.86. The fraction of sp³-hybridized carbons (Fsp3) is 0.0714. The van der Waals surface area contributed by atoms with Crippen LogP contribution in [-0.4, -0.2) is 20.8 Å². The number of nitrogens with zero attached hydrogens (tertiary/aromatic N) is 3. The summed E-state index contributed by atoms with van der Waals surface area (Å²) in [5.41, 5.74) is 1.34. The minimum Gasteiger partial charge on any atom is -0.476 e. The van der Waals surface area contributed by atoms with E-state index in [1.807, 2.05) is 22.9 Å². The van der Waals surface area contributed by atoms with Crippen molar-refractivity contribution in [3.8, 4) is 6.07 Å². The third-order valence-corrected chi connectivity index (χ3v) is 3.01. The maximum Gasteiger partial charge on any atom is 0.358 e. The van der Waals surface area contributed by atoms with E-state index >= 15 is 0 Å². The van der Waals surface area contributed by atoms with Crippen LogP contribution >= 0.6 is 0 Å². The van der Waals surface area contributed by atoms with E-state index in [4.69, 9.17) is 14.9 Å². The number of rotatable bonds is 3. The van der Waals surface area contributed by atoms with Gasteiger partial charge in [-0.25, -0.2) is 4.79 Å². The van der Waals surface area contributed by atoms with Gasteiger partial charge >= 0.3 is 5.97 Å². The molecule has 20 heavy (non-hydrogen) atoms. The molecule has 0 saturated carbocycles. The highest BCUT2D eigenvalue weighted by Gasteiger charge is 2.12. The summed E-state index contributed by atoms with van der Waals surface area (Å²) in [5.74, 6) is -0.675. The second-order valence-electron chi connectivity index (χ2n) is 4.31. The van der Waals surface area contributed by atoms with E-state index in [9.17, 15) is 4.79 Å². The van der Waals surface area contributed by atoms with Crippen molar-refractivity contribution in [2.24, 2.45) is 0 Å². The zero-order valence-corrected chi connectivity index (χ0v) is 10.3. The molecule has 3 rings (SSSR count). The largest absolute Gasteiger partial charge is 0.476 e. The van der Waals surface area contributed by atoms with Gasteiger partial charge < -0.3 is 14.2 Å². The lowest BCUT2D eigenvalue weighted by Crippen LogP contribution is -1.97. The molecule has 6 nitrogen and oxygen atoms in total. The summed E-state index contributed by atoms with van der Waals surface area (Å²) in [4.78, 5) is 10.7. The monoisotopic (exact) mass is 267 g/mol. The van der Waals surface area contributed by atoms with Crippen LogP contribution in [0.1, 0.15) is 21.8 Å². The van der Waals surface area contributed by atoms with Gasteiger partial charge in [-0.15, -0.1) is 0 Å². The molecule has 0 bridgehead atoms. The molecule has 0 aliphatic rings. The molecule has 0 amide bonds. The molecule has 3 aromatic rings. The van der Waals surface area contributed by atoms with Crippen LogP contribution in [0.4, 0.5) is 0 Å². The van der Waals surface area contributed by atoms with Crippen molar-refractivity contribution in [1.82, 2.24) is 9.72 Å². The number of carbonyl (C=O) groups is 1. The molecule has 98 valence electrons. The van der Waals surface area contributed by atoms with Gasteiger partial charge in [0.15, 0.2) is 11.5 Å². The predicted molar refractivity (Wildman–Crippen MR) is 69.2 cm³/mol. The molecule has 2 aromatic heterocycles. The number of carboxylic acids is 1. The Labute approximate surface area is 113 Å². The molecule has 0 unspecified atom stereocenters. The van der Waals surface area contributed by atoms with E-state index in [1.165, 1.54) is 6.07 Å². The van der Waals surface area contributed by atoms with Crippen molar-refractivity contribution in [2.75, 3.05) is 0 Å². The van der Waals surface area contributed by atoms with Crippen molar-refractivity contribution >= 4 is 16.9 Å². The van der Waals surface area contributed by atoms with E-state index in [1.54, 1.807) is 12.1 Å². The van der Waals surface area contributed by atoms with E-state index in [2.05, 4.69) is 11.2 Å². The van der Waals surface area contributed by atoms with Gasteiger partial charge in [-0.3, -0.25) is 0 Å². The molecule has 0 aliphatic heterocycles. The van der Waals surface area contributed by atoms with Crippen LogP contribution in [0.2, 0.25) is 0 Å². The van der Waals surface area contributed by atoms with Gasteiger partial charge in [-0.1, -0.05) is 11.2 Å². The number of nitriles is 1. The number of hydrogen-bond donors (Lipinski definition) is 1. The second-order valence-corrected chi connectivity index (χ2v) is 4.31. The standard InChI is InChI=1S/C14H9N3O3/c15-7-9-1-2-10-3-4-17(13(10)5-9)8-11-6-12(14(18)19)16-20-11/h1-6H,8H2,(H,18,19). The van der Waals surface area contributed by atoms with E-state index in [0.717, 1.165) is 10.9 Å². The average molecular weight is 267 g/mol. The Balaban J connectivity index is 1.97. The van der Waals surface area contributed by atoms with Crippen LogP contribution in [0.3, 0.4) is 0 Å². The van der Waals surface area contributed by atoms with E-state index < -0.39 is 5.97 Å². The number of aromatic nitrogens is 2. The van der Waals surface area contributed by atoms with E-state index in [0.29, 0.717) is 17.9 Å². The van der Waals surface area contributed by atoms with Crippen LogP contribution in [0.25, 0.3) is 10.9 Å². The first-order chi connectivity index (χ1) is 9.67. The molecule has 0 fully saturated rings. The first-order valence-electron chi connectivity index (χ1n) is 5.85. The molecular formula is C14H9N3O3. The highest BCUT2D eigenvalue weighted by atomic mass is 16.5. The molecule has 1 N–H and O–H groups in total. The maximum atomic E-state index is 10.7. The van der Waals surface area contributed by atoms with Crippen molar-refractivity contribution < 1.29 is 14.4 Å². The van der Waals surface area contributed by atoms with Crippen LogP contribution < -0.4 is 0 Å². The molecular weight excluding hydrogens is 258 g/mol. The first-order valence-corrected chi connectivity index (χ1v) is 5.85. The van der Waals surface area contributed by atoms with Crippen molar-refractivity contribution in [1.29, 1.82) is 5.26 Å². The lowest BCUT2D eigenvalue weighted by atomic mass is 10.2. The molecule has 0 spiro atoms. The van der Waals surface area contributed by atoms with Gasteiger partial charge in [0, 0.05) is 17.8 Å². The molecule has 0 radical (unpaired) electrons. The average Bonchev–Trinajstić information content (AvgIpc) is 3.06. The summed E-state index contributed by atoms with van der Waals surface area (Å²) in [7, 11) is 0. The van der Waals surface area contributed by atoms with Gasteiger partial charge in [0.2, 0.25) is 0 Å². The van der Waals surface area contributed by atoms with Crippen LogP contribution in [0, 0.1) is 11.3 Å². The Hall–Kier alpha value is -3.07. The van der Waals surface area contributed by atoms with Crippen molar-refractivity contribution in [3.63, 3.8) is 0 Å². The van der Waals surface area contributed by atoms with Crippen LogP contribution in [0.15, 0.2) is 41.1 Å². The number of fused-ring (bicyclic) bond motifs is 1. The number of carboxylic acid groups (broad SMARTS) is 1. The SMILES string of the molecule is N#Cc1ccc2ccn(Cc3cc(C(=O)O)no3)c2c1. The predicted octanol–water partition coefficient (Wildman–Crippen LogP) is 2.25. The number of benzene rings is 1. The highest BCUT2D eigenvalue weighted by Crippen LogP contribution is 2.19. The van der Waals surface area contributed by atoms with Gasteiger partial charge in [0.1, 0.15) is 0 Å². The molecule has 0 aliphatic carbocycles. The summed E-state index contributed by atoms with van der Waals surface area (Å²) in [6, 6.07) is 10.8. The second kappa shape index (κ2) is 4.55. The molecule has 6 heteroatoms. The smallest absolute Gasteiger partial charge is 0.358 e. The molecule has 2 heterocycles. The molecule has 1 aromatic carbocycles. The normalized spacial score (nSPS) is 10.6. The zero-order chi connectivity index (χ0) is 14.1. The molecule has 0 atom stereocenters. The quantitative estimate of drug-likeness (QED) is 0.785. The molecule has 0 saturated heterocycles. The van der Waals surface area contributed by atoms with Crippen LogP contribution in [0.5, 0.6) is 0 Å². The number of hydrogen-bond acceptors (Lipinski definition) is 4. The van der Waals surface area contributed by atoms with Crippen LogP contribution in [-0.2, 0) is 6.54 Å². The fourth-order valence-corrected chi connectivity index (χ4v) is 2.05. The summed E-state index contributed by atoms with van der Waals surface area (Å²) in [6.45, 7) is 0.360. The van der Waals surface area contributed by atoms with Gasteiger partial charge in [0.25, 0.3) is 0 Å². The Morgan fingerprint density at radius 1 is 1.40 bits per heavy atom. The Kier molecular flexibility index (Phi) is 2.73. The fourth-order valence-electron chi connectivity index (χ4n) is 2.05. The lowest BCUT2D eigenvalue weighted by Gasteiger charge is -2.02. The minimum atomic E-state index is -1.12. The first kappa shape index (κ1) is 12.0. The van der Waals surface area contributed by atoms with E-state index in [-0.39, 0.29) is 5.69 Å². The maximum absolute atomic E-state index is 10.7.